The fourth-order valence-corrected chi connectivity index (χ4v) is 22.5. The lowest BCUT2D eigenvalue weighted by Crippen LogP contribution is -2.50. The first kappa shape index (κ1) is 48.5. The minimum atomic E-state index is -2.57. The van der Waals surface area contributed by atoms with Gasteiger partial charge < -0.3 is 24.5 Å². The maximum atomic E-state index is 18.2. The molecule has 15 heteroatoms. The summed E-state index contributed by atoms with van der Waals surface area (Å²) in [6, 6.07) is 6.77. The Morgan fingerprint density at radius 3 is 2.23 bits per heavy atom. The van der Waals surface area contributed by atoms with Gasteiger partial charge in [0.1, 0.15) is 61.4 Å². The molecule has 2 fully saturated rings. The number of nitrogens with zero attached hydrogens (tertiary/aromatic N) is 5. The normalized spacial score (nSPS) is 19.2. The van der Waals surface area contributed by atoms with Crippen LogP contribution in [-0.2, 0) is 4.79 Å². The molecule has 65 heavy (non-hydrogen) atoms. The first-order valence-corrected chi connectivity index (χ1v) is 28.1. The molecule has 2 aromatic carbocycles. The predicted molar refractivity (Wildman–Crippen MR) is 260 cm³/mol. The lowest BCUT2D eigenvalue weighted by Gasteiger charge is -2.42. The number of pyridine rings is 1. The second kappa shape index (κ2) is 18.7. The zero-order valence-electron chi connectivity index (χ0n) is 40.5. The minimum absolute atomic E-state index is 0.0115. The van der Waals surface area contributed by atoms with Gasteiger partial charge in [0.25, 0.3) is 8.32 Å². The molecule has 2 saturated heterocycles. The number of fused-ring (bicyclic) bond motifs is 2. The molecule has 0 bridgehead atoms. The van der Waals surface area contributed by atoms with E-state index in [1.165, 1.54) is 6.07 Å². The SMILES string of the molecule is CC(C)[Si](C#Cc1c(F)ccc2cc(O[Si](C(C)C)(C(C)C)C(C)C)cc(-c3nc4c5c(nc(OC[C@@]67CCCN6C[C@H](F)C7)nc5c3F)N(CCC(N)=O)CCO4)c12)(C(C)C)C(C)C. The molecule has 2 aromatic heterocycles. The van der Waals surface area contributed by atoms with Gasteiger partial charge in [-0.3, -0.25) is 9.69 Å². The van der Waals surface area contributed by atoms with Crippen LogP contribution in [0.2, 0.25) is 33.2 Å². The van der Waals surface area contributed by atoms with Crippen LogP contribution in [0.4, 0.5) is 19.0 Å². The summed E-state index contributed by atoms with van der Waals surface area (Å²) in [5.41, 5.74) is 10.6. The van der Waals surface area contributed by atoms with Gasteiger partial charge >= 0.3 is 6.01 Å². The van der Waals surface area contributed by atoms with Crippen molar-refractivity contribution < 1.29 is 31.9 Å². The summed E-state index contributed by atoms with van der Waals surface area (Å²) in [4.78, 5) is 30.5. The Balaban J connectivity index is 1.52. The highest BCUT2D eigenvalue weighted by molar-refractivity contribution is 6.90. The van der Waals surface area contributed by atoms with Gasteiger partial charge in [-0.1, -0.05) is 95.1 Å². The maximum absolute atomic E-state index is 18.2. The Kier molecular flexibility index (Phi) is 14.0. The molecule has 2 N–H and O–H groups in total. The second-order valence-electron chi connectivity index (χ2n) is 20.6. The average Bonchev–Trinajstić information content (AvgIpc) is 3.69. The Labute approximate surface area is 385 Å². The van der Waals surface area contributed by atoms with Gasteiger partial charge in [0.15, 0.2) is 5.82 Å². The highest BCUT2D eigenvalue weighted by atomic mass is 28.4. The minimum Gasteiger partial charge on any atom is -0.543 e. The van der Waals surface area contributed by atoms with Crippen molar-refractivity contribution >= 4 is 49.8 Å². The first-order chi connectivity index (χ1) is 30.7. The van der Waals surface area contributed by atoms with Gasteiger partial charge in [-0.15, -0.1) is 5.54 Å². The summed E-state index contributed by atoms with van der Waals surface area (Å²) in [5, 5.41) is 1.26. The monoisotopic (exact) mass is 930 g/mol. The number of hydrogen-bond donors (Lipinski definition) is 1. The molecule has 5 heterocycles. The van der Waals surface area contributed by atoms with E-state index in [1.54, 1.807) is 17.0 Å². The zero-order valence-corrected chi connectivity index (χ0v) is 42.5. The van der Waals surface area contributed by atoms with E-state index < -0.39 is 45.6 Å². The van der Waals surface area contributed by atoms with Gasteiger partial charge in [-0.2, -0.15) is 9.97 Å². The Morgan fingerprint density at radius 1 is 0.923 bits per heavy atom. The molecular weight excluding hydrogens is 862 g/mol. The summed E-state index contributed by atoms with van der Waals surface area (Å²) in [6.45, 7) is 28.3. The van der Waals surface area contributed by atoms with E-state index in [0.717, 1.165) is 19.4 Å². The molecule has 3 aliphatic heterocycles. The molecule has 352 valence electrons. The summed E-state index contributed by atoms with van der Waals surface area (Å²) < 4.78 is 69.7. The maximum Gasteiger partial charge on any atom is 0.319 e. The van der Waals surface area contributed by atoms with Crippen molar-refractivity contribution in [3.8, 4) is 40.4 Å². The number of halogens is 3. The van der Waals surface area contributed by atoms with Gasteiger partial charge in [0.2, 0.25) is 11.8 Å². The van der Waals surface area contributed by atoms with Crippen LogP contribution in [0.5, 0.6) is 17.6 Å². The topological polar surface area (TPSA) is 116 Å². The van der Waals surface area contributed by atoms with Crippen molar-refractivity contribution in [1.29, 1.82) is 0 Å². The number of primary amides is 1. The largest absolute Gasteiger partial charge is 0.543 e. The molecular formula is C50H69F3N6O4Si2. The van der Waals surface area contributed by atoms with Crippen molar-refractivity contribution in [2.75, 3.05) is 44.3 Å². The molecule has 0 unspecified atom stereocenters. The highest BCUT2D eigenvalue weighted by Crippen LogP contribution is 2.48. The number of carbonyl (C=O) groups excluding carboxylic acids is 1. The summed E-state index contributed by atoms with van der Waals surface area (Å²) in [6.07, 6.45) is 1.04. The standard InChI is InChI=1S/C50H69F3N6O4Si2/c1-29(2)64(30(3)4,31(5)6)23-17-38-40(52)15-14-35-24-37(63-65(32(7)8,33(9)10)34(11)12)25-39(42(35)38)45-44(53)46-43-47(58(20-16-41(54)60)21-22-61-48(43)55-45)57-49(56-46)62-28-50-18-13-19-59(50)27-36(51)26-50/h14-15,24-25,29-34,36H,13,16,18-22,26-28H2,1-12H3,(H2,54,60)/t36-,50+/m1/s1. The van der Waals surface area contributed by atoms with Crippen LogP contribution < -0.4 is 24.5 Å². The molecule has 1 amide bonds. The smallest absolute Gasteiger partial charge is 0.319 e. The first-order valence-electron chi connectivity index (χ1n) is 23.7. The summed E-state index contributed by atoms with van der Waals surface area (Å²) >= 11 is 0. The molecule has 7 rings (SSSR count). The zero-order chi connectivity index (χ0) is 47.3. The van der Waals surface area contributed by atoms with Crippen molar-refractivity contribution in [2.45, 2.75) is 154 Å². The van der Waals surface area contributed by atoms with Crippen LogP contribution in [0.1, 0.15) is 114 Å². The van der Waals surface area contributed by atoms with E-state index in [9.17, 15) is 9.18 Å². The number of ether oxygens (including phenoxy) is 2. The molecule has 3 aliphatic rings. The Bertz CT molecular complexity index is 2460. The van der Waals surface area contributed by atoms with E-state index in [2.05, 4.69) is 99.4 Å². The predicted octanol–water partition coefficient (Wildman–Crippen LogP) is 11.3. The highest BCUT2D eigenvalue weighted by Gasteiger charge is 2.50. The van der Waals surface area contributed by atoms with Crippen molar-refractivity contribution in [1.82, 2.24) is 19.9 Å². The summed E-state index contributed by atoms with van der Waals surface area (Å²) in [5.74, 6) is 2.49. The third kappa shape index (κ3) is 8.72. The fraction of sp³-hybridized carbons (Fsp3) is 0.600. The van der Waals surface area contributed by atoms with Crippen LogP contribution >= 0.6 is 0 Å². The number of nitrogens with two attached hydrogens (primary N) is 1. The molecule has 0 radical (unpaired) electrons. The summed E-state index contributed by atoms with van der Waals surface area (Å²) in [7, 11) is -4.93. The van der Waals surface area contributed by atoms with Crippen molar-refractivity contribution in [2.24, 2.45) is 5.73 Å². The number of aromatic nitrogens is 3. The molecule has 4 aromatic rings. The van der Waals surface area contributed by atoms with Crippen LogP contribution in [0.15, 0.2) is 24.3 Å². The number of amides is 1. The Hall–Kier alpha value is -4.40. The number of hydrogen-bond acceptors (Lipinski definition) is 9. The molecule has 2 atom stereocenters. The number of benzene rings is 2. The molecule has 0 spiro atoms. The number of alkyl halides is 1. The van der Waals surface area contributed by atoms with Crippen LogP contribution in [-0.4, -0.2) is 93.3 Å². The quantitative estimate of drug-likeness (QED) is 0.0919. The van der Waals surface area contributed by atoms with E-state index in [4.69, 9.17) is 34.6 Å². The lowest BCUT2D eigenvalue weighted by molar-refractivity contribution is -0.117. The fourth-order valence-electron chi connectivity index (χ4n) is 12.1. The van der Waals surface area contributed by atoms with Gasteiger partial charge in [0, 0.05) is 36.9 Å². The van der Waals surface area contributed by atoms with E-state index in [0.29, 0.717) is 51.7 Å². The van der Waals surface area contributed by atoms with Crippen LogP contribution in [0.3, 0.4) is 0 Å². The van der Waals surface area contributed by atoms with Gasteiger partial charge in [-0.05, 0) is 76.2 Å². The van der Waals surface area contributed by atoms with Crippen molar-refractivity contribution in [3.63, 3.8) is 0 Å². The van der Waals surface area contributed by atoms with Crippen molar-refractivity contribution in [3.05, 3.63) is 41.5 Å². The number of anilines is 1. The van der Waals surface area contributed by atoms with E-state index in [1.807, 2.05) is 6.07 Å². The number of rotatable bonds is 15. The molecule has 0 aliphatic carbocycles. The third-order valence-corrected chi connectivity index (χ3v) is 27.3. The van der Waals surface area contributed by atoms with Gasteiger partial charge in [-0.25, -0.2) is 18.2 Å². The Morgan fingerprint density at radius 2 is 1.60 bits per heavy atom. The second-order valence-corrected chi connectivity index (χ2v) is 31.6. The van der Waals surface area contributed by atoms with Gasteiger partial charge in [0.05, 0.1) is 17.6 Å². The third-order valence-electron chi connectivity index (χ3n) is 15.0. The molecule has 10 nitrogen and oxygen atoms in total. The van der Waals surface area contributed by atoms with Crippen LogP contribution in [0, 0.1) is 23.1 Å². The van der Waals surface area contributed by atoms with E-state index >= 15 is 8.78 Å². The lowest BCUT2D eigenvalue weighted by atomic mass is 9.95. The van der Waals surface area contributed by atoms with E-state index in [-0.39, 0.29) is 89.2 Å². The molecule has 0 saturated carbocycles. The number of carbonyl (C=O) groups is 1. The average molecular weight is 931 g/mol. The van der Waals surface area contributed by atoms with Crippen LogP contribution in [0.25, 0.3) is 32.9 Å².